The lowest BCUT2D eigenvalue weighted by Crippen LogP contribution is -2.50. The number of nitrogens with zero attached hydrogens (tertiary/aromatic N) is 2. The molecule has 1 aliphatic heterocycles. The van der Waals surface area contributed by atoms with Crippen molar-refractivity contribution in [2.24, 2.45) is 0 Å². The van der Waals surface area contributed by atoms with Crippen molar-refractivity contribution < 1.29 is 19.4 Å². The van der Waals surface area contributed by atoms with Crippen LogP contribution in [0.2, 0.25) is 10.0 Å². The minimum absolute atomic E-state index is 0.164. The Morgan fingerprint density at radius 1 is 1.35 bits per heavy atom. The first-order valence-corrected chi connectivity index (χ1v) is 8.69. The molecule has 1 unspecified atom stereocenters. The number of nitrogens with one attached hydrogen (secondary N) is 1. The Labute approximate surface area is 159 Å². The summed E-state index contributed by atoms with van der Waals surface area (Å²) in [6.07, 6.45) is 0.239. The number of hydrogen-bond acceptors (Lipinski definition) is 4. The van der Waals surface area contributed by atoms with E-state index in [9.17, 15) is 9.59 Å². The lowest BCUT2D eigenvalue weighted by molar-refractivity contribution is -0.138. The van der Waals surface area contributed by atoms with E-state index in [1.165, 1.54) is 0 Å². The van der Waals surface area contributed by atoms with Crippen LogP contribution >= 0.6 is 23.2 Å². The summed E-state index contributed by atoms with van der Waals surface area (Å²) in [5, 5.41) is 17.0. The van der Waals surface area contributed by atoms with E-state index in [1.54, 1.807) is 35.9 Å². The predicted molar refractivity (Wildman–Crippen MR) is 96.2 cm³/mol. The van der Waals surface area contributed by atoms with Crippen molar-refractivity contribution in [3.63, 3.8) is 0 Å². The first-order valence-electron chi connectivity index (χ1n) is 7.94. The maximum Gasteiger partial charge on any atom is 0.305 e. The molecule has 1 fully saturated rings. The second kappa shape index (κ2) is 7.26. The van der Waals surface area contributed by atoms with Gasteiger partial charge >= 0.3 is 5.97 Å². The fraction of sp³-hybridized carbons (Fsp3) is 0.353. The Balaban J connectivity index is 1.84. The van der Waals surface area contributed by atoms with Crippen LogP contribution in [0.25, 0.3) is 5.69 Å². The fourth-order valence-corrected chi connectivity index (χ4v) is 3.24. The molecule has 1 atom stereocenters. The van der Waals surface area contributed by atoms with E-state index in [0.29, 0.717) is 28.8 Å². The fourth-order valence-electron chi connectivity index (χ4n) is 2.95. The number of aryl methyl sites for hydroxylation is 1. The first kappa shape index (κ1) is 18.7. The average molecular weight is 398 g/mol. The molecule has 0 spiro atoms. The molecule has 1 saturated heterocycles. The van der Waals surface area contributed by atoms with Crippen LogP contribution < -0.4 is 5.32 Å². The van der Waals surface area contributed by atoms with Gasteiger partial charge in [0.25, 0.3) is 5.91 Å². The second-order valence-electron chi connectivity index (χ2n) is 6.29. The van der Waals surface area contributed by atoms with Gasteiger partial charge in [-0.15, -0.1) is 0 Å². The Hall–Kier alpha value is -2.09. The highest BCUT2D eigenvalue weighted by molar-refractivity contribution is 6.42. The summed E-state index contributed by atoms with van der Waals surface area (Å²) >= 11 is 12.0. The van der Waals surface area contributed by atoms with Gasteiger partial charge in [0.05, 0.1) is 34.3 Å². The molecule has 138 valence electrons. The maximum atomic E-state index is 12.6. The molecular weight excluding hydrogens is 381 g/mol. The van der Waals surface area contributed by atoms with E-state index < -0.39 is 17.4 Å². The zero-order valence-electron chi connectivity index (χ0n) is 14.0. The standard InChI is InChI=1S/C17H17Cl2N3O4/c1-10-6-14(21-22(10)11-2-3-12(18)13(19)7-11)16(25)20-17(8-15(23)24)4-5-26-9-17/h2-3,6-7H,4-5,8-9H2,1H3,(H,20,25)(H,23,24). The largest absolute Gasteiger partial charge is 0.481 e. The van der Waals surface area contributed by atoms with Crippen LogP contribution in [0.3, 0.4) is 0 Å². The van der Waals surface area contributed by atoms with Crippen molar-refractivity contribution in [2.75, 3.05) is 13.2 Å². The Kier molecular flexibility index (Phi) is 5.22. The van der Waals surface area contributed by atoms with Crippen molar-refractivity contribution in [2.45, 2.75) is 25.3 Å². The number of amides is 1. The molecule has 0 saturated carbocycles. The summed E-state index contributed by atoms with van der Waals surface area (Å²) in [6.45, 7) is 2.37. The molecule has 0 radical (unpaired) electrons. The zero-order valence-corrected chi connectivity index (χ0v) is 15.5. The number of hydrogen-bond donors (Lipinski definition) is 2. The smallest absolute Gasteiger partial charge is 0.305 e. The third-order valence-electron chi connectivity index (χ3n) is 4.24. The third kappa shape index (κ3) is 3.85. The molecule has 2 N–H and O–H groups in total. The van der Waals surface area contributed by atoms with Crippen molar-refractivity contribution in [1.29, 1.82) is 0 Å². The monoisotopic (exact) mass is 397 g/mol. The molecular formula is C17H17Cl2N3O4. The molecule has 1 amide bonds. The van der Waals surface area contributed by atoms with E-state index in [2.05, 4.69) is 10.4 Å². The van der Waals surface area contributed by atoms with Gasteiger partial charge in [-0.3, -0.25) is 9.59 Å². The summed E-state index contributed by atoms with van der Waals surface area (Å²) in [4.78, 5) is 23.8. The Morgan fingerprint density at radius 3 is 2.73 bits per heavy atom. The molecule has 0 aliphatic carbocycles. The van der Waals surface area contributed by atoms with Gasteiger partial charge in [0, 0.05) is 12.3 Å². The van der Waals surface area contributed by atoms with Crippen LogP contribution in [0.5, 0.6) is 0 Å². The number of aromatic nitrogens is 2. The number of carbonyl (C=O) groups excluding carboxylic acids is 1. The number of aliphatic carboxylic acids is 1. The van der Waals surface area contributed by atoms with Crippen molar-refractivity contribution >= 4 is 35.1 Å². The van der Waals surface area contributed by atoms with Gasteiger partial charge in [-0.2, -0.15) is 5.10 Å². The van der Waals surface area contributed by atoms with E-state index >= 15 is 0 Å². The highest BCUT2D eigenvalue weighted by atomic mass is 35.5. The minimum atomic E-state index is -0.992. The van der Waals surface area contributed by atoms with Gasteiger partial charge in [-0.1, -0.05) is 23.2 Å². The number of carbonyl (C=O) groups is 2. The van der Waals surface area contributed by atoms with Crippen molar-refractivity contribution in [3.8, 4) is 5.69 Å². The molecule has 1 aromatic carbocycles. The summed E-state index contributed by atoms with van der Waals surface area (Å²) in [6, 6.07) is 6.68. The quantitative estimate of drug-likeness (QED) is 0.808. The molecule has 7 nitrogen and oxygen atoms in total. The Bertz CT molecular complexity index is 860. The van der Waals surface area contributed by atoms with Crippen molar-refractivity contribution in [1.82, 2.24) is 15.1 Å². The number of benzene rings is 1. The van der Waals surface area contributed by atoms with Crippen LogP contribution in [0.1, 0.15) is 29.0 Å². The van der Waals surface area contributed by atoms with Gasteiger partial charge in [0.2, 0.25) is 0 Å². The average Bonchev–Trinajstić information content (AvgIpc) is 3.16. The van der Waals surface area contributed by atoms with Crippen LogP contribution in [0.15, 0.2) is 24.3 Å². The van der Waals surface area contributed by atoms with Crippen LogP contribution in [-0.2, 0) is 9.53 Å². The van der Waals surface area contributed by atoms with E-state index in [1.807, 2.05) is 0 Å². The van der Waals surface area contributed by atoms with E-state index in [0.717, 1.165) is 5.69 Å². The maximum absolute atomic E-state index is 12.6. The second-order valence-corrected chi connectivity index (χ2v) is 7.10. The number of rotatable bonds is 5. The van der Waals surface area contributed by atoms with E-state index in [4.69, 9.17) is 33.0 Å². The molecule has 2 aromatic rings. The van der Waals surface area contributed by atoms with Gasteiger partial charge in [-0.05, 0) is 37.6 Å². The van der Waals surface area contributed by atoms with E-state index in [-0.39, 0.29) is 18.7 Å². The minimum Gasteiger partial charge on any atom is -0.481 e. The van der Waals surface area contributed by atoms with Crippen LogP contribution in [0, 0.1) is 6.92 Å². The van der Waals surface area contributed by atoms with Crippen molar-refractivity contribution in [3.05, 3.63) is 45.7 Å². The predicted octanol–water partition coefficient (Wildman–Crippen LogP) is 2.85. The number of ether oxygens (including phenoxy) is 1. The highest BCUT2D eigenvalue weighted by Gasteiger charge is 2.39. The highest BCUT2D eigenvalue weighted by Crippen LogP contribution is 2.26. The summed E-state index contributed by atoms with van der Waals surface area (Å²) in [7, 11) is 0. The molecule has 1 aliphatic rings. The van der Waals surface area contributed by atoms with Gasteiger partial charge < -0.3 is 15.2 Å². The molecule has 26 heavy (non-hydrogen) atoms. The molecule has 0 bridgehead atoms. The first-order chi connectivity index (χ1) is 12.3. The van der Waals surface area contributed by atoms with Gasteiger partial charge in [0.1, 0.15) is 0 Å². The topological polar surface area (TPSA) is 93.5 Å². The normalized spacial score (nSPS) is 19.5. The molecule has 3 rings (SSSR count). The lowest BCUT2D eigenvalue weighted by Gasteiger charge is -2.26. The summed E-state index contributed by atoms with van der Waals surface area (Å²) < 4.78 is 6.87. The molecule has 2 heterocycles. The molecule has 9 heteroatoms. The third-order valence-corrected chi connectivity index (χ3v) is 4.98. The molecule has 1 aromatic heterocycles. The Morgan fingerprint density at radius 2 is 2.12 bits per heavy atom. The summed E-state index contributed by atoms with van der Waals surface area (Å²) in [5.74, 6) is -1.44. The number of carboxylic acids is 1. The lowest BCUT2D eigenvalue weighted by atomic mass is 9.94. The zero-order chi connectivity index (χ0) is 18.9. The van der Waals surface area contributed by atoms with Gasteiger partial charge in [-0.25, -0.2) is 4.68 Å². The van der Waals surface area contributed by atoms with Gasteiger partial charge in [0.15, 0.2) is 5.69 Å². The number of carboxylic acid groups (broad SMARTS) is 1. The van der Waals surface area contributed by atoms with Crippen LogP contribution in [-0.4, -0.2) is 45.5 Å². The summed E-state index contributed by atoms with van der Waals surface area (Å²) in [5.41, 5.74) is 0.665. The number of halogens is 2. The van der Waals surface area contributed by atoms with Crippen LogP contribution in [0.4, 0.5) is 0 Å². The SMILES string of the molecule is Cc1cc(C(=O)NC2(CC(=O)O)CCOC2)nn1-c1ccc(Cl)c(Cl)c1.